The number of carbonyl (C=O) groups excluding carboxylic acids is 1. The van der Waals surface area contributed by atoms with E-state index < -0.39 is 11.4 Å². The molecule has 2 fully saturated rings. The predicted octanol–water partition coefficient (Wildman–Crippen LogP) is 1.27. The molecular formula is C13H21NO4. The Labute approximate surface area is 107 Å². The number of carboxylic acids is 1. The van der Waals surface area contributed by atoms with Crippen molar-refractivity contribution < 1.29 is 19.4 Å². The molecule has 0 aromatic carbocycles. The van der Waals surface area contributed by atoms with Gasteiger partial charge in [-0.05, 0) is 32.6 Å². The van der Waals surface area contributed by atoms with Crippen LogP contribution in [0.5, 0.6) is 0 Å². The normalized spacial score (nSPS) is 32.5. The third kappa shape index (κ3) is 2.83. The Kier molecular flexibility index (Phi) is 3.90. The molecule has 0 saturated carbocycles. The maximum atomic E-state index is 12.1. The average Bonchev–Trinajstić information content (AvgIpc) is 2.75. The lowest BCUT2D eigenvalue weighted by molar-refractivity contribution is -0.147. The average molecular weight is 255 g/mol. The topological polar surface area (TPSA) is 66.8 Å². The van der Waals surface area contributed by atoms with Crippen molar-refractivity contribution in [2.45, 2.75) is 45.1 Å². The molecular weight excluding hydrogens is 234 g/mol. The largest absolute Gasteiger partial charge is 0.481 e. The van der Waals surface area contributed by atoms with Crippen LogP contribution in [0.25, 0.3) is 0 Å². The Hall–Kier alpha value is -1.10. The molecule has 5 nitrogen and oxygen atoms in total. The Bertz CT molecular complexity index is 338. The number of carbonyl (C=O) groups is 2. The number of hydrogen-bond acceptors (Lipinski definition) is 3. The second-order valence-corrected chi connectivity index (χ2v) is 5.62. The first kappa shape index (κ1) is 13.3. The zero-order valence-corrected chi connectivity index (χ0v) is 10.9. The Morgan fingerprint density at radius 3 is 2.78 bits per heavy atom. The first-order valence-electron chi connectivity index (χ1n) is 6.64. The summed E-state index contributed by atoms with van der Waals surface area (Å²) in [5.74, 6) is -0.779. The lowest BCUT2D eigenvalue weighted by Crippen LogP contribution is -2.37. The fourth-order valence-electron chi connectivity index (χ4n) is 2.64. The van der Waals surface area contributed by atoms with Crippen molar-refractivity contribution in [2.75, 3.05) is 19.7 Å². The van der Waals surface area contributed by atoms with Crippen LogP contribution in [0.3, 0.4) is 0 Å². The van der Waals surface area contributed by atoms with E-state index in [0.29, 0.717) is 25.9 Å². The molecule has 2 heterocycles. The summed E-state index contributed by atoms with van der Waals surface area (Å²) in [6.07, 6.45) is 4.10. The Morgan fingerprint density at radius 1 is 1.44 bits per heavy atom. The van der Waals surface area contributed by atoms with Gasteiger partial charge in [0.15, 0.2) is 0 Å². The lowest BCUT2D eigenvalue weighted by Gasteiger charge is -2.25. The molecule has 1 N–H and O–H groups in total. The fourth-order valence-corrected chi connectivity index (χ4v) is 2.64. The number of hydrogen-bond donors (Lipinski definition) is 1. The fraction of sp³-hybridized carbons (Fsp3) is 0.846. The highest BCUT2D eigenvalue weighted by Crippen LogP contribution is 2.31. The van der Waals surface area contributed by atoms with Crippen LogP contribution in [0.2, 0.25) is 0 Å². The van der Waals surface area contributed by atoms with Crippen molar-refractivity contribution in [2.24, 2.45) is 5.41 Å². The highest BCUT2D eigenvalue weighted by molar-refractivity contribution is 5.80. The van der Waals surface area contributed by atoms with Crippen molar-refractivity contribution in [1.82, 2.24) is 4.90 Å². The van der Waals surface area contributed by atoms with Crippen LogP contribution in [0.4, 0.5) is 0 Å². The SMILES string of the molecule is CC1(C(=O)O)CCN(C(=O)CC2CCCCO2)C1. The summed E-state index contributed by atoms with van der Waals surface area (Å²) >= 11 is 0. The number of aliphatic carboxylic acids is 1. The van der Waals surface area contributed by atoms with E-state index in [9.17, 15) is 9.59 Å². The number of carboxylic acid groups (broad SMARTS) is 1. The molecule has 2 aliphatic rings. The minimum atomic E-state index is -0.813. The summed E-state index contributed by atoms with van der Waals surface area (Å²) < 4.78 is 5.54. The third-order valence-electron chi connectivity index (χ3n) is 4.02. The maximum Gasteiger partial charge on any atom is 0.311 e. The minimum Gasteiger partial charge on any atom is -0.481 e. The van der Waals surface area contributed by atoms with Gasteiger partial charge in [0.05, 0.1) is 17.9 Å². The summed E-state index contributed by atoms with van der Waals surface area (Å²) in [7, 11) is 0. The standard InChI is InChI=1S/C13H21NO4/c1-13(12(16)17)5-6-14(9-13)11(15)8-10-4-2-3-7-18-10/h10H,2-9H2,1H3,(H,16,17). The highest BCUT2D eigenvalue weighted by atomic mass is 16.5. The van der Waals surface area contributed by atoms with E-state index in [-0.39, 0.29) is 12.0 Å². The summed E-state index contributed by atoms with van der Waals surface area (Å²) in [5, 5.41) is 9.13. The van der Waals surface area contributed by atoms with Crippen molar-refractivity contribution in [1.29, 1.82) is 0 Å². The van der Waals surface area contributed by atoms with Crippen LogP contribution in [-0.4, -0.2) is 47.7 Å². The van der Waals surface area contributed by atoms with Gasteiger partial charge in [-0.15, -0.1) is 0 Å². The molecule has 0 aromatic rings. The molecule has 2 aliphatic heterocycles. The van der Waals surface area contributed by atoms with Gasteiger partial charge in [-0.1, -0.05) is 0 Å². The molecule has 0 spiro atoms. The molecule has 0 aromatic heterocycles. The van der Waals surface area contributed by atoms with Crippen LogP contribution >= 0.6 is 0 Å². The summed E-state index contributed by atoms with van der Waals surface area (Å²) in [5.41, 5.74) is -0.775. The molecule has 5 heteroatoms. The van der Waals surface area contributed by atoms with Gasteiger partial charge in [0.25, 0.3) is 0 Å². The monoisotopic (exact) mass is 255 g/mol. The lowest BCUT2D eigenvalue weighted by atomic mass is 9.90. The second kappa shape index (κ2) is 5.26. The van der Waals surface area contributed by atoms with Gasteiger partial charge < -0.3 is 14.7 Å². The van der Waals surface area contributed by atoms with E-state index in [1.807, 2.05) is 0 Å². The maximum absolute atomic E-state index is 12.1. The molecule has 0 radical (unpaired) electrons. The molecule has 102 valence electrons. The summed E-state index contributed by atoms with van der Waals surface area (Å²) in [4.78, 5) is 24.9. The predicted molar refractivity (Wildman–Crippen MR) is 65.1 cm³/mol. The number of nitrogens with zero attached hydrogens (tertiary/aromatic N) is 1. The van der Waals surface area contributed by atoms with Crippen molar-refractivity contribution in [3.8, 4) is 0 Å². The quantitative estimate of drug-likeness (QED) is 0.824. The van der Waals surface area contributed by atoms with Crippen LogP contribution in [0.15, 0.2) is 0 Å². The van der Waals surface area contributed by atoms with Crippen LogP contribution in [-0.2, 0) is 14.3 Å². The van der Waals surface area contributed by atoms with Crippen LogP contribution in [0, 0.1) is 5.41 Å². The third-order valence-corrected chi connectivity index (χ3v) is 4.02. The number of amides is 1. The molecule has 0 bridgehead atoms. The first-order chi connectivity index (χ1) is 8.51. The zero-order valence-electron chi connectivity index (χ0n) is 10.9. The number of ether oxygens (including phenoxy) is 1. The van der Waals surface area contributed by atoms with Gasteiger partial charge in [0.1, 0.15) is 0 Å². The van der Waals surface area contributed by atoms with E-state index in [1.54, 1.807) is 11.8 Å². The van der Waals surface area contributed by atoms with Gasteiger partial charge >= 0.3 is 5.97 Å². The molecule has 0 aliphatic carbocycles. The van der Waals surface area contributed by atoms with E-state index in [2.05, 4.69) is 0 Å². The first-order valence-corrected chi connectivity index (χ1v) is 6.64. The zero-order chi connectivity index (χ0) is 13.2. The molecule has 2 unspecified atom stereocenters. The van der Waals surface area contributed by atoms with Gasteiger partial charge in [-0.2, -0.15) is 0 Å². The molecule has 1 amide bonds. The van der Waals surface area contributed by atoms with Crippen LogP contribution in [0.1, 0.15) is 39.0 Å². The molecule has 2 rings (SSSR count). The summed E-state index contributed by atoms with van der Waals surface area (Å²) in [6, 6.07) is 0. The van der Waals surface area contributed by atoms with E-state index >= 15 is 0 Å². The van der Waals surface area contributed by atoms with Gasteiger partial charge in [0, 0.05) is 19.7 Å². The van der Waals surface area contributed by atoms with Crippen molar-refractivity contribution in [3.63, 3.8) is 0 Å². The summed E-state index contributed by atoms with van der Waals surface area (Å²) in [6.45, 7) is 3.33. The van der Waals surface area contributed by atoms with E-state index in [1.165, 1.54) is 0 Å². The highest BCUT2D eigenvalue weighted by Gasteiger charge is 2.42. The smallest absolute Gasteiger partial charge is 0.311 e. The van der Waals surface area contributed by atoms with E-state index in [4.69, 9.17) is 9.84 Å². The van der Waals surface area contributed by atoms with Gasteiger partial charge in [0.2, 0.25) is 5.91 Å². The Morgan fingerprint density at radius 2 is 2.22 bits per heavy atom. The van der Waals surface area contributed by atoms with E-state index in [0.717, 1.165) is 25.9 Å². The molecule has 2 atom stereocenters. The number of likely N-dealkylation sites (tertiary alicyclic amines) is 1. The molecule has 2 saturated heterocycles. The van der Waals surface area contributed by atoms with Crippen molar-refractivity contribution in [3.05, 3.63) is 0 Å². The minimum absolute atomic E-state index is 0.0305. The van der Waals surface area contributed by atoms with Crippen molar-refractivity contribution >= 4 is 11.9 Å². The van der Waals surface area contributed by atoms with Gasteiger partial charge in [-0.3, -0.25) is 9.59 Å². The Balaban J connectivity index is 1.85. The second-order valence-electron chi connectivity index (χ2n) is 5.62. The molecule has 18 heavy (non-hydrogen) atoms. The van der Waals surface area contributed by atoms with Gasteiger partial charge in [-0.25, -0.2) is 0 Å². The van der Waals surface area contributed by atoms with Crippen LogP contribution < -0.4 is 0 Å². The number of rotatable bonds is 3.